The summed E-state index contributed by atoms with van der Waals surface area (Å²) in [5.41, 5.74) is 0. The van der Waals surface area contributed by atoms with Gasteiger partial charge in [-0.25, -0.2) is 0 Å². The van der Waals surface area contributed by atoms with Crippen molar-refractivity contribution in [2.75, 3.05) is 5.75 Å². The number of hydrogen-bond donors (Lipinski definition) is 1. The Morgan fingerprint density at radius 3 is 2.83 bits per heavy atom. The van der Waals surface area contributed by atoms with Gasteiger partial charge >= 0.3 is 93.8 Å². The van der Waals surface area contributed by atoms with Crippen molar-refractivity contribution < 1.29 is 5.11 Å². The normalized spacial score (nSPS) is 14.9. The zero-order valence-corrected chi connectivity index (χ0v) is 10.6. The van der Waals surface area contributed by atoms with E-state index in [1.54, 1.807) is 0 Å². The van der Waals surface area contributed by atoms with Crippen molar-refractivity contribution in [3.63, 3.8) is 0 Å². The van der Waals surface area contributed by atoms with E-state index in [1.165, 1.54) is 22.4 Å². The molecule has 0 saturated carbocycles. The Morgan fingerprint density at radius 2 is 2.42 bits per heavy atom. The van der Waals surface area contributed by atoms with Crippen LogP contribution in [0.1, 0.15) is 26.7 Å². The molecular formula is C8H15LiOSSe. The molecule has 1 nitrogen and oxygen atoms in total. The molecule has 4 heteroatoms. The Kier molecular flexibility index (Phi) is 9.60. The second kappa shape index (κ2) is 8.75. The van der Waals surface area contributed by atoms with Crippen molar-refractivity contribution in [1.82, 2.24) is 0 Å². The van der Waals surface area contributed by atoms with Crippen molar-refractivity contribution in [3.05, 3.63) is 9.88 Å². The molecule has 0 bridgehead atoms. The van der Waals surface area contributed by atoms with Gasteiger partial charge in [0.2, 0.25) is 0 Å². The standard InChI is InChI=1S/C8H16OSSe.Li/c1-3-4-5-10-8(11)6-7(2)9;/h6-7,9,11H,3-5H2,1-2H3;/q;+1/p-1/b8-6-;. The van der Waals surface area contributed by atoms with E-state index in [2.05, 4.69) is 22.7 Å². The molecule has 0 rings (SSSR count). The monoisotopic (exact) mass is 246 g/mol. The third-order valence-corrected chi connectivity index (χ3v) is 4.97. The van der Waals surface area contributed by atoms with E-state index in [4.69, 9.17) is 5.11 Å². The molecule has 0 amide bonds. The Labute approximate surface area is 93.4 Å². The summed E-state index contributed by atoms with van der Waals surface area (Å²) in [7, 11) is 0. The van der Waals surface area contributed by atoms with Crippen LogP contribution in [0.2, 0.25) is 0 Å². The first-order valence-corrected chi connectivity index (χ1v) is 7.83. The molecule has 0 aromatic carbocycles. The van der Waals surface area contributed by atoms with E-state index in [0.29, 0.717) is 12.8 Å². The first kappa shape index (κ1) is 13.2. The molecule has 0 saturated heterocycles. The van der Waals surface area contributed by atoms with Gasteiger partial charge in [0.15, 0.2) is 0 Å². The van der Waals surface area contributed by atoms with Crippen LogP contribution < -0.4 is 0 Å². The molecule has 12 heavy (non-hydrogen) atoms. The van der Waals surface area contributed by atoms with Crippen LogP contribution in [0, 0.1) is 0 Å². The molecule has 0 aliphatic carbocycles. The molecule has 66 valence electrons. The van der Waals surface area contributed by atoms with E-state index in [0.717, 1.165) is 0 Å². The van der Waals surface area contributed by atoms with Gasteiger partial charge < -0.3 is 0 Å². The van der Waals surface area contributed by atoms with E-state index >= 15 is 0 Å². The van der Waals surface area contributed by atoms with E-state index < -0.39 is 0 Å². The molecule has 0 spiro atoms. The fourth-order valence-electron chi connectivity index (χ4n) is 0.689. The Hall–Kier alpha value is 1.17. The van der Waals surface area contributed by atoms with Gasteiger partial charge in [0, 0.05) is 0 Å². The zero-order valence-electron chi connectivity index (χ0n) is 8.04. The third kappa shape index (κ3) is 7.80. The Morgan fingerprint density at radius 1 is 1.75 bits per heavy atom. The molecule has 1 atom stereocenters. The Balaban J connectivity index is 3.67. The molecule has 0 heterocycles. The SMILES string of the molecule is [Li][Se]/C(=C\C(C)O)SCCCC. The van der Waals surface area contributed by atoms with Crippen molar-refractivity contribution in [2.45, 2.75) is 32.8 Å². The van der Waals surface area contributed by atoms with Crippen LogP contribution in [0.15, 0.2) is 9.88 Å². The van der Waals surface area contributed by atoms with Crippen LogP contribution in [0.5, 0.6) is 0 Å². The minimum absolute atomic E-state index is 0.282. The molecule has 0 aliphatic rings. The molecule has 0 fully saturated rings. The average molecular weight is 245 g/mol. The van der Waals surface area contributed by atoms with Crippen LogP contribution in [0.25, 0.3) is 0 Å². The van der Waals surface area contributed by atoms with Gasteiger partial charge in [-0.15, -0.1) is 0 Å². The minimum atomic E-state index is -0.282. The van der Waals surface area contributed by atoms with Gasteiger partial charge in [-0.1, -0.05) is 0 Å². The summed E-state index contributed by atoms with van der Waals surface area (Å²) in [4.78, 5) is 0. The molecule has 0 aromatic rings. The van der Waals surface area contributed by atoms with Gasteiger partial charge in [0.25, 0.3) is 0 Å². The van der Waals surface area contributed by atoms with Gasteiger partial charge in [-0.05, 0) is 0 Å². The predicted molar refractivity (Wildman–Crippen MR) is 58.6 cm³/mol. The summed E-state index contributed by atoms with van der Waals surface area (Å²) >= 11 is 4.64. The number of hydrogen-bond acceptors (Lipinski definition) is 2. The summed E-state index contributed by atoms with van der Waals surface area (Å²) in [6, 6.07) is 0. The first-order valence-electron chi connectivity index (χ1n) is 4.27. The topological polar surface area (TPSA) is 20.2 Å². The maximum atomic E-state index is 9.13. The summed E-state index contributed by atoms with van der Waals surface area (Å²) in [5.74, 6) is 1.20. The van der Waals surface area contributed by atoms with Crippen LogP contribution in [0.4, 0.5) is 0 Å². The average Bonchev–Trinajstić information content (AvgIpc) is 2.02. The first-order chi connectivity index (χ1) is 5.70. The van der Waals surface area contributed by atoms with Crippen LogP contribution >= 0.6 is 11.8 Å². The molecule has 0 radical (unpaired) electrons. The molecular weight excluding hydrogens is 230 g/mol. The predicted octanol–water partition coefficient (Wildman–Crippen LogP) is 1.53. The van der Waals surface area contributed by atoms with Crippen molar-refractivity contribution in [3.8, 4) is 0 Å². The number of aliphatic hydroxyl groups is 1. The molecule has 0 aliphatic heterocycles. The van der Waals surface area contributed by atoms with Gasteiger partial charge in [-0.3, -0.25) is 0 Å². The number of aliphatic hydroxyl groups excluding tert-OH is 1. The van der Waals surface area contributed by atoms with Gasteiger partial charge in [0.05, 0.1) is 0 Å². The van der Waals surface area contributed by atoms with Crippen LogP contribution in [0.3, 0.4) is 0 Å². The van der Waals surface area contributed by atoms with E-state index in [1.807, 2.05) is 24.8 Å². The summed E-state index contributed by atoms with van der Waals surface area (Å²) < 4.78 is 1.38. The van der Waals surface area contributed by atoms with Crippen molar-refractivity contribution >= 4 is 40.3 Å². The van der Waals surface area contributed by atoms with Gasteiger partial charge in [0.1, 0.15) is 0 Å². The summed E-state index contributed by atoms with van der Waals surface area (Å²) in [6.07, 6.45) is 4.22. The fourth-order valence-corrected chi connectivity index (χ4v) is 3.70. The number of rotatable bonds is 6. The molecule has 1 N–H and O–H groups in total. The fraction of sp³-hybridized carbons (Fsp3) is 0.750. The quantitative estimate of drug-likeness (QED) is 0.565. The second-order valence-corrected chi connectivity index (χ2v) is 6.13. The third-order valence-electron chi connectivity index (χ3n) is 1.32. The van der Waals surface area contributed by atoms with E-state index in [9.17, 15) is 0 Å². The molecule has 1 unspecified atom stereocenters. The summed E-state index contributed by atoms with van der Waals surface area (Å²) in [6.45, 7) is 4.02. The summed E-state index contributed by atoms with van der Waals surface area (Å²) in [5, 5.41) is 9.13. The van der Waals surface area contributed by atoms with Crippen LogP contribution in [-0.4, -0.2) is 45.5 Å². The van der Waals surface area contributed by atoms with Crippen molar-refractivity contribution in [2.24, 2.45) is 0 Å². The van der Waals surface area contributed by atoms with Crippen LogP contribution in [-0.2, 0) is 0 Å². The maximum absolute atomic E-state index is 9.13. The van der Waals surface area contributed by atoms with E-state index in [-0.39, 0.29) is 6.10 Å². The number of unbranched alkanes of at least 4 members (excludes halogenated alkanes) is 1. The number of thioether (sulfide) groups is 1. The van der Waals surface area contributed by atoms with Crippen molar-refractivity contribution in [1.29, 1.82) is 0 Å². The van der Waals surface area contributed by atoms with Gasteiger partial charge in [-0.2, -0.15) is 0 Å². The second-order valence-electron chi connectivity index (χ2n) is 2.63. The molecule has 0 aromatic heterocycles. The zero-order chi connectivity index (χ0) is 9.40. The Bertz CT molecular complexity index is 139.